The summed E-state index contributed by atoms with van der Waals surface area (Å²) in [4.78, 5) is 19.7. The molecule has 1 aromatic carbocycles. The van der Waals surface area contributed by atoms with Crippen molar-refractivity contribution in [2.45, 2.75) is 19.8 Å². The molecule has 3 heterocycles. The molecule has 4 nitrogen and oxygen atoms in total. The number of carbonyl (C=O) groups excluding carboxylic acids is 1. The molecule has 4 rings (SSSR count). The highest BCUT2D eigenvalue weighted by Gasteiger charge is 2.13. The lowest BCUT2D eigenvalue weighted by Crippen LogP contribution is -2.23. The number of hydrogen-bond donors (Lipinski definition) is 1. The van der Waals surface area contributed by atoms with E-state index in [4.69, 9.17) is 0 Å². The highest BCUT2D eigenvalue weighted by molar-refractivity contribution is 9.10. The van der Waals surface area contributed by atoms with Crippen LogP contribution in [0.5, 0.6) is 0 Å². The first kappa shape index (κ1) is 22.0. The Bertz CT molecular complexity index is 1020. The minimum Gasteiger partial charge on any atom is -0.312 e. The molecule has 0 amide bonds. The zero-order valence-electron chi connectivity index (χ0n) is 16.7. The molecule has 0 fully saturated rings. The Kier molecular flexibility index (Phi) is 7.99. The zero-order valence-corrected chi connectivity index (χ0v) is 18.3. The Morgan fingerprint density at radius 1 is 1.13 bits per heavy atom. The lowest BCUT2D eigenvalue weighted by atomic mass is 9.94. The van der Waals surface area contributed by atoms with Crippen LogP contribution < -0.4 is 5.32 Å². The maximum atomic E-state index is 13.6. The molecular formula is C24H23BrFN3O. The van der Waals surface area contributed by atoms with Gasteiger partial charge in [-0.2, -0.15) is 0 Å². The molecule has 0 unspecified atom stereocenters. The average molecular weight is 468 g/mol. The summed E-state index contributed by atoms with van der Waals surface area (Å²) in [6.45, 7) is 4.07. The van der Waals surface area contributed by atoms with Gasteiger partial charge in [-0.15, -0.1) is 0 Å². The van der Waals surface area contributed by atoms with Gasteiger partial charge in [0.15, 0.2) is 11.6 Å². The van der Waals surface area contributed by atoms with Crippen molar-refractivity contribution >= 4 is 27.3 Å². The van der Waals surface area contributed by atoms with Gasteiger partial charge < -0.3 is 5.32 Å². The summed E-state index contributed by atoms with van der Waals surface area (Å²) in [6.07, 6.45) is 5.50. The summed E-state index contributed by atoms with van der Waals surface area (Å²) in [5.74, 6) is -0.796. The van der Waals surface area contributed by atoms with E-state index in [0.717, 1.165) is 35.9 Å². The number of rotatable bonds is 4. The smallest absolute Gasteiger partial charge is 0.170 e. The van der Waals surface area contributed by atoms with Crippen molar-refractivity contribution in [2.75, 3.05) is 13.1 Å². The third-order valence-corrected chi connectivity index (χ3v) is 5.33. The number of pyridine rings is 2. The number of carbonyl (C=O) groups is 1. The van der Waals surface area contributed by atoms with Crippen molar-refractivity contribution in [3.63, 3.8) is 0 Å². The maximum Gasteiger partial charge on any atom is 0.170 e. The molecule has 1 N–H and O–H groups in total. The second-order valence-electron chi connectivity index (χ2n) is 6.99. The van der Waals surface area contributed by atoms with Crippen molar-refractivity contribution in [1.82, 2.24) is 15.3 Å². The van der Waals surface area contributed by atoms with E-state index in [1.165, 1.54) is 29.0 Å². The Hall–Kier alpha value is -2.70. The van der Waals surface area contributed by atoms with Crippen molar-refractivity contribution < 1.29 is 9.18 Å². The van der Waals surface area contributed by atoms with Gasteiger partial charge in [0.05, 0.1) is 11.8 Å². The van der Waals surface area contributed by atoms with E-state index >= 15 is 0 Å². The quantitative estimate of drug-likeness (QED) is 0.420. The molecule has 3 aromatic rings. The normalized spacial score (nSPS) is 13.4. The monoisotopic (exact) mass is 467 g/mol. The maximum absolute atomic E-state index is 13.6. The summed E-state index contributed by atoms with van der Waals surface area (Å²) < 4.78 is 14.5. The average Bonchev–Trinajstić information content (AvgIpc) is 2.76. The van der Waals surface area contributed by atoms with Crippen molar-refractivity contribution in [3.8, 4) is 0 Å². The van der Waals surface area contributed by atoms with Crippen molar-refractivity contribution in [1.29, 1.82) is 0 Å². The number of benzene rings is 1. The van der Waals surface area contributed by atoms with E-state index in [0.29, 0.717) is 0 Å². The van der Waals surface area contributed by atoms with Gasteiger partial charge in [-0.1, -0.05) is 35.9 Å². The van der Waals surface area contributed by atoms with Gasteiger partial charge in [0.2, 0.25) is 0 Å². The predicted octanol–water partition coefficient (Wildman–Crippen LogP) is 5.26. The first-order valence-corrected chi connectivity index (χ1v) is 10.5. The standard InChI is InChI=1S/C19H19FN2O.C5H4BrN/c1-13-6-8-21-11-17(13)15-4-2-14(3-5-15)10-19(23)16-7-9-22-12-18(16)20;6-5-3-1-2-4-7-5/h2-5,7,9,12,21H,6,8,10-11H2,1H3;1-4H. The molecule has 6 heteroatoms. The highest BCUT2D eigenvalue weighted by Crippen LogP contribution is 2.23. The van der Waals surface area contributed by atoms with E-state index < -0.39 is 5.82 Å². The van der Waals surface area contributed by atoms with Crippen LogP contribution in [0.1, 0.15) is 34.8 Å². The molecule has 30 heavy (non-hydrogen) atoms. The molecule has 0 radical (unpaired) electrons. The third kappa shape index (κ3) is 6.15. The van der Waals surface area contributed by atoms with Crippen LogP contribution in [-0.2, 0) is 6.42 Å². The molecule has 0 bridgehead atoms. The molecular weight excluding hydrogens is 445 g/mol. The fourth-order valence-corrected chi connectivity index (χ4v) is 3.46. The summed E-state index contributed by atoms with van der Waals surface area (Å²) in [7, 11) is 0. The van der Waals surface area contributed by atoms with Gasteiger partial charge in [0.1, 0.15) is 4.60 Å². The van der Waals surface area contributed by atoms with Crippen LogP contribution in [0.2, 0.25) is 0 Å². The third-order valence-electron chi connectivity index (χ3n) is 4.86. The lowest BCUT2D eigenvalue weighted by molar-refractivity contribution is 0.0989. The van der Waals surface area contributed by atoms with Crippen LogP contribution in [0, 0.1) is 5.82 Å². The number of Topliss-reactive ketones (excluding diaryl/α,β-unsaturated/α-hetero) is 1. The zero-order chi connectivity index (χ0) is 21.3. The molecule has 0 aliphatic carbocycles. The van der Waals surface area contributed by atoms with Gasteiger partial charge in [0.25, 0.3) is 0 Å². The molecule has 1 aliphatic rings. The summed E-state index contributed by atoms with van der Waals surface area (Å²) in [6, 6.07) is 15.1. The summed E-state index contributed by atoms with van der Waals surface area (Å²) >= 11 is 3.20. The van der Waals surface area contributed by atoms with Gasteiger partial charge in [-0.05, 0) is 70.7 Å². The van der Waals surface area contributed by atoms with Crippen LogP contribution in [-0.4, -0.2) is 28.8 Å². The van der Waals surface area contributed by atoms with Crippen molar-refractivity contribution in [2.24, 2.45) is 0 Å². The molecule has 2 aromatic heterocycles. The second-order valence-corrected chi connectivity index (χ2v) is 7.80. The van der Waals surface area contributed by atoms with Gasteiger partial charge in [-0.25, -0.2) is 9.37 Å². The number of ketones is 1. The molecule has 0 spiro atoms. The Balaban J connectivity index is 0.000000310. The summed E-state index contributed by atoms with van der Waals surface area (Å²) in [5.41, 5.74) is 4.90. The Labute approximate surface area is 184 Å². The van der Waals surface area contributed by atoms with Crippen LogP contribution in [0.3, 0.4) is 0 Å². The van der Waals surface area contributed by atoms with E-state index in [1.54, 1.807) is 6.20 Å². The van der Waals surface area contributed by atoms with E-state index in [1.807, 2.05) is 42.5 Å². The molecule has 154 valence electrons. The predicted molar refractivity (Wildman–Crippen MR) is 121 cm³/mol. The van der Waals surface area contributed by atoms with Crippen molar-refractivity contribution in [3.05, 3.63) is 99.8 Å². The number of halogens is 2. The molecule has 0 saturated carbocycles. The number of nitrogens with zero attached hydrogens (tertiary/aromatic N) is 2. The molecule has 0 saturated heterocycles. The van der Waals surface area contributed by atoms with Crippen LogP contribution in [0.15, 0.2) is 77.3 Å². The summed E-state index contributed by atoms with van der Waals surface area (Å²) in [5, 5.41) is 3.38. The second kappa shape index (κ2) is 10.9. The van der Waals surface area contributed by atoms with Gasteiger partial charge >= 0.3 is 0 Å². The SMILES string of the molecule is Brc1ccccn1.CC1=C(c2ccc(CC(=O)c3ccncc3F)cc2)CNCC1. The van der Waals surface area contributed by atoms with Crippen LogP contribution in [0.25, 0.3) is 5.57 Å². The van der Waals surface area contributed by atoms with Gasteiger partial charge in [-0.3, -0.25) is 9.78 Å². The van der Waals surface area contributed by atoms with Gasteiger partial charge in [0, 0.05) is 25.4 Å². The van der Waals surface area contributed by atoms with Crippen LogP contribution in [0.4, 0.5) is 4.39 Å². The number of hydrogen-bond acceptors (Lipinski definition) is 4. The number of aromatic nitrogens is 2. The first-order valence-electron chi connectivity index (χ1n) is 9.72. The van der Waals surface area contributed by atoms with E-state index in [-0.39, 0.29) is 17.8 Å². The van der Waals surface area contributed by atoms with E-state index in [2.05, 4.69) is 38.1 Å². The fraction of sp³-hybridized carbons (Fsp3) is 0.208. The van der Waals surface area contributed by atoms with E-state index in [9.17, 15) is 9.18 Å². The molecule has 0 atom stereocenters. The highest BCUT2D eigenvalue weighted by atomic mass is 79.9. The minimum atomic E-state index is -0.566. The number of nitrogens with one attached hydrogen (secondary N) is 1. The first-order chi connectivity index (χ1) is 14.5. The Morgan fingerprint density at radius 3 is 2.53 bits per heavy atom. The largest absolute Gasteiger partial charge is 0.312 e. The fourth-order valence-electron chi connectivity index (χ4n) is 3.19. The lowest BCUT2D eigenvalue weighted by Gasteiger charge is -2.19. The van der Waals surface area contributed by atoms with Crippen LogP contribution >= 0.6 is 15.9 Å². The Morgan fingerprint density at radius 2 is 1.93 bits per heavy atom. The topological polar surface area (TPSA) is 54.9 Å². The molecule has 1 aliphatic heterocycles. The minimum absolute atomic E-state index is 0.0964.